The molecule has 0 radical (unpaired) electrons. The number of amides is 2. The Morgan fingerprint density at radius 3 is 2.56 bits per heavy atom. The molecule has 1 fully saturated rings. The van der Waals surface area contributed by atoms with Crippen molar-refractivity contribution in [1.82, 2.24) is 15.1 Å². The van der Waals surface area contributed by atoms with Crippen LogP contribution in [-0.2, 0) is 0 Å². The number of likely N-dealkylation sites (tertiary alicyclic amines) is 1. The SMILES string of the molecule is C#CC(CCC)NC1CCN(C(=O)N(C)C)CC1. The molecular formula is C14H25N3O. The van der Waals surface area contributed by atoms with Gasteiger partial charge in [-0.2, -0.15) is 0 Å². The van der Waals surface area contributed by atoms with E-state index in [2.05, 4.69) is 18.2 Å². The fraction of sp³-hybridized carbons (Fsp3) is 0.786. The van der Waals surface area contributed by atoms with Gasteiger partial charge in [0, 0.05) is 33.2 Å². The van der Waals surface area contributed by atoms with Crippen molar-refractivity contribution < 1.29 is 4.79 Å². The summed E-state index contributed by atoms with van der Waals surface area (Å²) in [6.45, 7) is 3.78. The van der Waals surface area contributed by atoms with Gasteiger partial charge in [-0.05, 0) is 19.3 Å². The fourth-order valence-electron chi connectivity index (χ4n) is 2.31. The lowest BCUT2D eigenvalue weighted by atomic mass is 10.0. The highest BCUT2D eigenvalue weighted by Crippen LogP contribution is 2.13. The number of nitrogens with zero attached hydrogens (tertiary/aromatic N) is 2. The Labute approximate surface area is 111 Å². The van der Waals surface area contributed by atoms with E-state index in [0.29, 0.717) is 6.04 Å². The minimum atomic E-state index is 0.107. The first-order valence-corrected chi connectivity index (χ1v) is 6.76. The van der Waals surface area contributed by atoms with E-state index in [1.165, 1.54) is 0 Å². The maximum absolute atomic E-state index is 11.8. The molecule has 4 nitrogen and oxygen atoms in total. The molecule has 1 N–H and O–H groups in total. The van der Waals surface area contributed by atoms with E-state index in [-0.39, 0.29) is 12.1 Å². The molecule has 4 heteroatoms. The Morgan fingerprint density at radius 1 is 1.50 bits per heavy atom. The van der Waals surface area contributed by atoms with Crippen LogP contribution in [-0.4, -0.2) is 55.1 Å². The molecule has 1 rings (SSSR count). The van der Waals surface area contributed by atoms with Crippen LogP contribution in [0.1, 0.15) is 32.6 Å². The summed E-state index contributed by atoms with van der Waals surface area (Å²) < 4.78 is 0. The second kappa shape index (κ2) is 7.27. The van der Waals surface area contributed by atoms with Crippen LogP contribution in [0.2, 0.25) is 0 Å². The van der Waals surface area contributed by atoms with Crippen LogP contribution in [0.4, 0.5) is 4.79 Å². The molecule has 2 amide bonds. The molecule has 0 aliphatic carbocycles. The van der Waals surface area contributed by atoms with Gasteiger partial charge in [0.05, 0.1) is 6.04 Å². The minimum Gasteiger partial charge on any atom is -0.331 e. The Hall–Kier alpha value is -1.21. The highest BCUT2D eigenvalue weighted by atomic mass is 16.2. The average molecular weight is 251 g/mol. The summed E-state index contributed by atoms with van der Waals surface area (Å²) >= 11 is 0. The monoisotopic (exact) mass is 251 g/mol. The lowest BCUT2D eigenvalue weighted by molar-refractivity contribution is 0.151. The molecule has 102 valence electrons. The van der Waals surface area contributed by atoms with Gasteiger partial charge in [0.1, 0.15) is 0 Å². The van der Waals surface area contributed by atoms with E-state index in [9.17, 15) is 4.79 Å². The number of terminal acetylenes is 1. The van der Waals surface area contributed by atoms with E-state index in [1.54, 1.807) is 19.0 Å². The number of nitrogens with one attached hydrogen (secondary N) is 1. The summed E-state index contributed by atoms with van der Waals surface area (Å²) in [6, 6.07) is 0.732. The number of urea groups is 1. The number of piperidine rings is 1. The summed E-state index contributed by atoms with van der Waals surface area (Å²) in [5.74, 6) is 2.80. The predicted molar refractivity (Wildman–Crippen MR) is 74.3 cm³/mol. The molecule has 0 aromatic rings. The van der Waals surface area contributed by atoms with Gasteiger partial charge < -0.3 is 15.1 Å². The Balaban J connectivity index is 2.35. The number of carbonyl (C=O) groups excluding carboxylic acids is 1. The van der Waals surface area contributed by atoms with Crippen molar-refractivity contribution in [3.05, 3.63) is 0 Å². The first kappa shape index (κ1) is 14.8. The normalized spacial score (nSPS) is 18.2. The van der Waals surface area contributed by atoms with Crippen LogP contribution in [0, 0.1) is 12.3 Å². The van der Waals surface area contributed by atoms with Crippen molar-refractivity contribution >= 4 is 6.03 Å². The molecule has 1 aliphatic heterocycles. The van der Waals surface area contributed by atoms with Crippen molar-refractivity contribution in [2.45, 2.75) is 44.7 Å². The van der Waals surface area contributed by atoms with Crippen LogP contribution in [0.5, 0.6) is 0 Å². The van der Waals surface area contributed by atoms with Crippen LogP contribution in [0.15, 0.2) is 0 Å². The molecular weight excluding hydrogens is 226 g/mol. The molecule has 0 aromatic heterocycles. The second-order valence-corrected chi connectivity index (χ2v) is 5.11. The van der Waals surface area contributed by atoms with Crippen molar-refractivity contribution in [3.63, 3.8) is 0 Å². The van der Waals surface area contributed by atoms with E-state index >= 15 is 0 Å². The van der Waals surface area contributed by atoms with Crippen molar-refractivity contribution in [1.29, 1.82) is 0 Å². The molecule has 1 saturated heterocycles. The van der Waals surface area contributed by atoms with Crippen LogP contribution >= 0.6 is 0 Å². The Kier molecular flexibility index (Phi) is 6.00. The topological polar surface area (TPSA) is 35.6 Å². The lowest BCUT2D eigenvalue weighted by Gasteiger charge is -2.35. The van der Waals surface area contributed by atoms with Crippen LogP contribution < -0.4 is 5.32 Å². The fourth-order valence-corrected chi connectivity index (χ4v) is 2.31. The molecule has 0 spiro atoms. The van der Waals surface area contributed by atoms with E-state index in [1.807, 2.05) is 4.90 Å². The quantitative estimate of drug-likeness (QED) is 0.769. The Morgan fingerprint density at radius 2 is 2.11 bits per heavy atom. The summed E-state index contributed by atoms with van der Waals surface area (Å²) in [4.78, 5) is 15.3. The average Bonchev–Trinajstić information content (AvgIpc) is 2.38. The third kappa shape index (κ3) is 4.23. The molecule has 1 atom stereocenters. The number of hydrogen-bond donors (Lipinski definition) is 1. The lowest BCUT2D eigenvalue weighted by Crippen LogP contribution is -2.49. The van der Waals surface area contributed by atoms with Gasteiger partial charge in [-0.3, -0.25) is 0 Å². The van der Waals surface area contributed by atoms with Crippen molar-refractivity contribution in [3.8, 4) is 12.3 Å². The predicted octanol–water partition coefficient (Wildman–Crippen LogP) is 1.52. The summed E-state index contributed by atoms with van der Waals surface area (Å²) in [7, 11) is 3.59. The van der Waals surface area contributed by atoms with Crippen LogP contribution in [0.25, 0.3) is 0 Å². The molecule has 0 saturated carbocycles. The van der Waals surface area contributed by atoms with Gasteiger partial charge in [0.15, 0.2) is 0 Å². The maximum atomic E-state index is 11.8. The highest BCUT2D eigenvalue weighted by molar-refractivity contribution is 5.73. The van der Waals surface area contributed by atoms with Gasteiger partial charge in [-0.15, -0.1) is 6.42 Å². The molecule has 0 aromatic carbocycles. The molecule has 1 heterocycles. The number of carbonyl (C=O) groups is 1. The Bertz CT molecular complexity index is 301. The first-order chi connectivity index (χ1) is 8.58. The number of hydrogen-bond acceptors (Lipinski definition) is 2. The van der Waals surface area contributed by atoms with Gasteiger partial charge >= 0.3 is 6.03 Å². The van der Waals surface area contributed by atoms with Gasteiger partial charge in [-0.1, -0.05) is 19.3 Å². The summed E-state index contributed by atoms with van der Waals surface area (Å²) in [5.41, 5.74) is 0. The zero-order valence-corrected chi connectivity index (χ0v) is 11.8. The zero-order valence-electron chi connectivity index (χ0n) is 11.8. The third-order valence-corrected chi connectivity index (χ3v) is 3.36. The van der Waals surface area contributed by atoms with E-state index in [4.69, 9.17) is 6.42 Å². The van der Waals surface area contributed by atoms with Gasteiger partial charge in [0.2, 0.25) is 0 Å². The summed E-state index contributed by atoms with van der Waals surface area (Å²) in [5, 5.41) is 3.51. The standard InChI is InChI=1S/C14H25N3O/c1-5-7-12(6-2)15-13-8-10-17(11-9-13)14(18)16(3)4/h2,12-13,15H,5,7-11H2,1,3-4H3. The zero-order chi connectivity index (χ0) is 13.5. The molecule has 0 bridgehead atoms. The minimum absolute atomic E-state index is 0.107. The van der Waals surface area contributed by atoms with Gasteiger partial charge in [-0.25, -0.2) is 4.79 Å². The van der Waals surface area contributed by atoms with Crippen molar-refractivity contribution in [2.75, 3.05) is 27.2 Å². The van der Waals surface area contributed by atoms with E-state index in [0.717, 1.165) is 38.8 Å². The second-order valence-electron chi connectivity index (χ2n) is 5.11. The molecule has 1 aliphatic rings. The maximum Gasteiger partial charge on any atom is 0.319 e. The first-order valence-electron chi connectivity index (χ1n) is 6.76. The largest absolute Gasteiger partial charge is 0.331 e. The highest BCUT2D eigenvalue weighted by Gasteiger charge is 2.24. The van der Waals surface area contributed by atoms with Gasteiger partial charge in [0.25, 0.3) is 0 Å². The van der Waals surface area contributed by atoms with Crippen molar-refractivity contribution in [2.24, 2.45) is 0 Å². The molecule has 1 unspecified atom stereocenters. The molecule has 18 heavy (non-hydrogen) atoms. The summed E-state index contributed by atoms with van der Waals surface area (Å²) in [6.07, 6.45) is 9.60. The van der Waals surface area contributed by atoms with E-state index < -0.39 is 0 Å². The van der Waals surface area contributed by atoms with Crippen LogP contribution in [0.3, 0.4) is 0 Å². The smallest absolute Gasteiger partial charge is 0.319 e. The number of rotatable bonds is 4. The third-order valence-electron chi connectivity index (χ3n) is 3.36.